The second-order valence-electron chi connectivity index (χ2n) is 5.61. The molecule has 2 aromatic carbocycles. The second kappa shape index (κ2) is 8.03. The van der Waals surface area contributed by atoms with Gasteiger partial charge < -0.3 is 14.2 Å². The normalized spacial score (nSPS) is 12.0. The molecule has 0 saturated carbocycles. The number of halogens is 3. The molecule has 0 aliphatic rings. The van der Waals surface area contributed by atoms with Crippen LogP contribution in [0.15, 0.2) is 30.3 Å². The van der Waals surface area contributed by atoms with Crippen molar-refractivity contribution in [3.05, 3.63) is 35.9 Å². The van der Waals surface area contributed by atoms with E-state index >= 15 is 0 Å². The Balaban J connectivity index is 2.44. The number of hydrogen-bond donors (Lipinski definition) is 1. The standard InChI is InChI=1S/C17H18F3NO5S/c1-3-16(22)21-7-6-12-9-14(26-27(23,24)17(18,19)20)8-11-4-5-13(25-2)10-15(11)12/h4-5,8-10H,3,6-7H2,1-2H3,(H,21,22). The first-order chi connectivity index (χ1) is 12.6. The van der Waals surface area contributed by atoms with Gasteiger partial charge in [0.25, 0.3) is 0 Å². The fourth-order valence-corrected chi connectivity index (χ4v) is 2.85. The molecule has 1 amide bonds. The molecule has 0 radical (unpaired) electrons. The Morgan fingerprint density at radius 2 is 1.85 bits per heavy atom. The molecule has 0 aliphatic carbocycles. The van der Waals surface area contributed by atoms with Crippen molar-refractivity contribution in [1.29, 1.82) is 0 Å². The molecule has 1 N–H and O–H groups in total. The Bertz CT molecular complexity index is 941. The Morgan fingerprint density at radius 3 is 2.44 bits per heavy atom. The summed E-state index contributed by atoms with van der Waals surface area (Å²) in [5, 5.41) is 3.78. The monoisotopic (exact) mass is 405 g/mol. The van der Waals surface area contributed by atoms with Gasteiger partial charge in [0, 0.05) is 13.0 Å². The van der Waals surface area contributed by atoms with Crippen molar-refractivity contribution < 1.29 is 35.3 Å². The van der Waals surface area contributed by atoms with E-state index in [2.05, 4.69) is 9.50 Å². The van der Waals surface area contributed by atoms with Crippen LogP contribution in [0.4, 0.5) is 13.2 Å². The summed E-state index contributed by atoms with van der Waals surface area (Å²) in [5.74, 6) is -0.108. The lowest BCUT2D eigenvalue weighted by molar-refractivity contribution is -0.120. The molecule has 6 nitrogen and oxygen atoms in total. The molecular weight excluding hydrogens is 387 g/mol. The quantitative estimate of drug-likeness (QED) is 0.565. The molecule has 0 atom stereocenters. The minimum atomic E-state index is -5.78. The first-order valence-corrected chi connectivity index (χ1v) is 9.36. The summed E-state index contributed by atoms with van der Waals surface area (Å²) in [4.78, 5) is 11.4. The molecule has 148 valence electrons. The number of carbonyl (C=O) groups excluding carboxylic acids is 1. The third-order valence-corrected chi connectivity index (χ3v) is 4.73. The van der Waals surface area contributed by atoms with Crippen molar-refractivity contribution in [2.75, 3.05) is 13.7 Å². The highest BCUT2D eigenvalue weighted by molar-refractivity contribution is 7.88. The van der Waals surface area contributed by atoms with E-state index in [1.807, 2.05) is 0 Å². The first-order valence-electron chi connectivity index (χ1n) is 7.95. The molecule has 0 saturated heterocycles. The van der Waals surface area contributed by atoms with Crippen molar-refractivity contribution in [2.45, 2.75) is 25.3 Å². The Kier molecular flexibility index (Phi) is 6.19. The molecule has 27 heavy (non-hydrogen) atoms. The third kappa shape index (κ3) is 5.03. The summed E-state index contributed by atoms with van der Waals surface area (Å²) < 4.78 is 69.7. The zero-order chi connectivity index (χ0) is 20.2. The molecule has 0 aliphatic heterocycles. The lowest BCUT2D eigenvalue weighted by Crippen LogP contribution is -2.28. The number of rotatable bonds is 7. The number of carbonyl (C=O) groups is 1. The van der Waals surface area contributed by atoms with Crippen LogP contribution in [0.1, 0.15) is 18.9 Å². The van der Waals surface area contributed by atoms with E-state index in [9.17, 15) is 26.4 Å². The summed E-state index contributed by atoms with van der Waals surface area (Å²) in [5.41, 5.74) is -5.02. The van der Waals surface area contributed by atoms with Gasteiger partial charge in [-0.15, -0.1) is 0 Å². The van der Waals surface area contributed by atoms with E-state index in [-0.39, 0.29) is 18.9 Å². The maximum Gasteiger partial charge on any atom is 0.534 e. The molecule has 2 rings (SSSR count). The SMILES string of the molecule is CCC(=O)NCCc1cc(OS(=O)(=O)C(F)(F)F)cc2ccc(OC)cc12. The summed E-state index contributed by atoms with van der Waals surface area (Å²) >= 11 is 0. The van der Waals surface area contributed by atoms with Crippen molar-refractivity contribution >= 4 is 26.8 Å². The molecule has 0 fully saturated rings. The van der Waals surface area contributed by atoms with Crippen LogP contribution in [0.2, 0.25) is 0 Å². The van der Waals surface area contributed by atoms with Crippen LogP contribution in [0.5, 0.6) is 11.5 Å². The van der Waals surface area contributed by atoms with Gasteiger partial charge in [-0.1, -0.05) is 13.0 Å². The van der Waals surface area contributed by atoms with Gasteiger partial charge in [0.2, 0.25) is 5.91 Å². The number of amides is 1. The van der Waals surface area contributed by atoms with Crippen LogP contribution in [0.3, 0.4) is 0 Å². The summed E-state index contributed by atoms with van der Waals surface area (Å²) in [6.07, 6.45) is 0.556. The highest BCUT2D eigenvalue weighted by Crippen LogP contribution is 2.32. The number of hydrogen-bond acceptors (Lipinski definition) is 5. The highest BCUT2D eigenvalue weighted by atomic mass is 32.2. The van der Waals surface area contributed by atoms with E-state index in [0.29, 0.717) is 28.5 Å². The van der Waals surface area contributed by atoms with Gasteiger partial charge in [0.15, 0.2) is 0 Å². The minimum Gasteiger partial charge on any atom is -0.497 e. The van der Waals surface area contributed by atoms with Crippen molar-refractivity contribution in [2.24, 2.45) is 0 Å². The van der Waals surface area contributed by atoms with Crippen LogP contribution in [0.25, 0.3) is 10.8 Å². The van der Waals surface area contributed by atoms with Crippen LogP contribution < -0.4 is 14.2 Å². The van der Waals surface area contributed by atoms with E-state index in [1.54, 1.807) is 25.1 Å². The largest absolute Gasteiger partial charge is 0.534 e. The van der Waals surface area contributed by atoms with Gasteiger partial charge in [0.05, 0.1) is 7.11 Å². The average molecular weight is 405 g/mol. The third-order valence-electron chi connectivity index (χ3n) is 3.75. The predicted molar refractivity (Wildman–Crippen MR) is 93.1 cm³/mol. The zero-order valence-corrected chi connectivity index (χ0v) is 15.4. The number of ether oxygens (including phenoxy) is 1. The maximum atomic E-state index is 12.6. The Labute approximate surface area is 154 Å². The van der Waals surface area contributed by atoms with Crippen molar-refractivity contribution in [3.8, 4) is 11.5 Å². The molecule has 2 aromatic rings. The van der Waals surface area contributed by atoms with Gasteiger partial charge >= 0.3 is 15.6 Å². The minimum absolute atomic E-state index is 0.177. The smallest absolute Gasteiger partial charge is 0.497 e. The molecular formula is C17H18F3NO5S. The molecule has 0 spiro atoms. The lowest BCUT2D eigenvalue weighted by atomic mass is 10.0. The molecule has 0 bridgehead atoms. The summed E-state index contributed by atoms with van der Waals surface area (Å²) in [6.45, 7) is 1.92. The van der Waals surface area contributed by atoms with Crippen LogP contribution in [-0.4, -0.2) is 33.5 Å². The lowest BCUT2D eigenvalue weighted by Gasteiger charge is -2.14. The topological polar surface area (TPSA) is 81.7 Å². The van der Waals surface area contributed by atoms with Gasteiger partial charge in [-0.25, -0.2) is 0 Å². The molecule has 0 unspecified atom stereocenters. The van der Waals surface area contributed by atoms with Crippen LogP contribution in [-0.2, 0) is 21.3 Å². The predicted octanol–water partition coefficient (Wildman–Crippen LogP) is 3.15. The number of alkyl halides is 3. The molecule has 10 heteroatoms. The number of fused-ring (bicyclic) bond motifs is 1. The van der Waals surface area contributed by atoms with Crippen molar-refractivity contribution in [3.63, 3.8) is 0 Å². The van der Waals surface area contributed by atoms with Gasteiger partial charge in [0.1, 0.15) is 11.5 Å². The van der Waals surface area contributed by atoms with Gasteiger partial charge in [-0.05, 0) is 47.0 Å². The van der Waals surface area contributed by atoms with Crippen LogP contribution >= 0.6 is 0 Å². The van der Waals surface area contributed by atoms with Crippen molar-refractivity contribution in [1.82, 2.24) is 5.32 Å². The fourth-order valence-electron chi connectivity index (χ4n) is 2.40. The summed E-state index contributed by atoms with van der Waals surface area (Å²) in [7, 11) is -4.31. The summed E-state index contributed by atoms with van der Waals surface area (Å²) in [6, 6.07) is 7.26. The number of nitrogens with one attached hydrogen (secondary N) is 1. The first kappa shape index (κ1) is 20.8. The van der Waals surface area contributed by atoms with E-state index in [4.69, 9.17) is 4.74 Å². The second-order valence-corrected chi connectivity index (χ2v) is 7.14. The van der Waals surface area contributed by atoms with E-state index in [0.717, 1.165) is 0 Å². The molecule has 0 aromatic heterocycles. The van der Waals surface area contributed by atoms with Gasteiger partial charge in [-0.3, -0.25) is 4.79 Å². The number of methoxy groups -OCH3 is 1. The highest BCUT2D eigenvalue weighted by Gasteiger charge is 2.48. The fraction of sp³-hybridized carbons (Fsp3) is 0.353. The Morgan fingerprint density at radius 1 is 1.15 bits per heavy atom. The zero-order valence-electron chi connectivity index (χ0n) is 14.6. The average Bonchev–Trinajstić information content (AvgIpc) is 2.59. The van der Waals surface area contributed by atoms with E-state index in [1.165, 1.54) is 19.2 Å². The van der Waals surface area contributed by atoms with Gasteiger partial charge in [-0.2, -0.15) is 21.6 Å². The van der Waals surface area contributed by atoms with E-state index < -0.39 is 21.4 Å². The molecule has 0 heterocycles. The maximum absolute atomic E-state index is 12.6. The van der Waals surface area contributed by atoms with Crippen LogP contribution in [0, 0.1) is 0 Å². The number of benzene rings is 2. The Hall–Kier alpha value is -2.49.